The third-order valence-electron chi connectivity index (χ3n) is 2.83. The fraction of sp³-hybridized carbons (Fsp3) is 0.714. The minimum absolute atomic E-state index is 0.0504. The highest BCUT2D eigenvalue weighted by Crippen LogP contribution is 2.19. The molecule has 0 amide bonds. The fourth-order valence-electron chi connectivity index (χ4n) is 1.71. The smallest absolute Gasteiger partial charge is 0.337 e. The van der Waals surface area contributed by atoms with Crippen LogP contribution < -0.4 is 0 Å². The van der Waals surface area contributed by atoms with Crippen molar-refractivity contribution in [3.05, 3.63) is 11.3 Å². The van der Waals surface area contributed by atoms with E-state index in [2.05, 4.69) is 11.7 Å². The van der Waals surface area contributed by atoms with Crippen LogP contribution in [0.1, 0.15) is 45.4 Å². The summed E-state index contributed by atoms with van der Waals surface area (Å²) in [5.74, 6) is -0.556. The lowest BCUT2D eigenvalue weighted by molar-refractivity contribution is -0.140. The van der Waals surface area contributed by atoms with Gasteiger partial charge in [-0.05, 0) is 12.8 Å². The van der Waals surface area contributed by atoms with E-state index in [1.165, 1.54) is 21.3 Å². The van der Waals surface area contributed by atoms with Crippen molar-refractivity contribution in [3.8, 4) is 0 Å². The molecule has 19 heavy (non-hydrogen) atoms. The molecule has 0 aromatic rings. The number of unbranched alkanes of at least 4 members (excludes halogenated alkanes) is 3. The third kappa shape index (κ3) is 6.84. The highest BCUT2D eigenvalue weighted by molar-refractivity contribution is 5.90. The van der Waals surface area contributed by atoms with Gasteiger partial charge < -0.3 is 14.2 Å². The standard InChI is InChI=1S/C14H24O5/c1-5-6-7-8-9-11(14(16)19-4)12(17-2)10-13(15)18-3/h5-10H2,1-4H3/b12-11-. The predicted molar refractivity (Wildman–Crippen MR) is 71.4 cm³/mol. The van der Waals surface area contributed by atoms with Gasteiger partial charge in [-0.25, -0.2) is 4.79 Å². The number of hydrogen-bond donors (Lipinski definition) is 0. The first kappa shape index (κ1) is 17.5. The molecule has 0 fully saturated rings. The van der Waals surface area contributed by atoms with Gasteiger partial charge in [0.1, 0.15) is 12.2 Å². The summed E-state index contributed by atoms with van der Waals surface area (Å²) in [4.78, 5) is 23.0. The lowest BCUT2D eigenvalue weighted by Gasteiger charge is -2.12. The summed E-state index contributed by atoms with van der Waals surface area (Å²) in [7, 11) is 4.06. The van der Waals surface area contributed by atoms with Gasteiger partial charge in [0.05, 0.1) is 26.9 Å². The number of esters is 2. The Morgan fingerprint density at radius 3 is 2.05 bits per heavy atom. The number of carbonyl (C=O) groups is 2. The Bertz CT molecular complexity index is 320. The Balaban J connectivity index is 4.83. The molecule has 0 saturated carbocycles. The van der Waals surface area contributed by atoms with Gasteiger partial charge in [-0.3, -0.25) is 4.79 Å². The van der Waals surface area contributed by atoms with Gasteiger partial charge in [-0.2, -0.15) is 0 Å². The largest absolute Gasteiger partial charge is 0.500 e. The van der Waals surface area contributed by atoms with Gasteiger partial charge in [-0.15, -0.1) is 0 Å². The van der Waals surface area contributed by atoms with Gasteiger partial charge in [0.15, 0.2) is 0 Å². The number of ether oxygens (including phenoxy) is 3. The molecular formula is C14H24O5. The van der Waals surface area contributed by atoms with Crippen LogP contribution in [0.15, 0.2) is 11.3 Å². The van der Waals surface area contributed by atoms with Crippen LogP contribution in [-0.2, 0) is 23.8 Å². The molecule has 0 aliphatic carbocycles. The Labute approximate surface area is 114 Å². The molecule has 110 valence electrons. The van der Waals surface area contributed by atoms with Crippen molar-refractivity contribution in [1.29, 1.82) is 0 Å². The Morgan fingerprint density at radius 1 is 0.895 bits per heavy atom. The van der Waals surface area contributed by atoms with Crippen LogP contribution in [0.5, 0.6) is 0 Å². The fourth-order valence-corrected chi connectivity index (χ4v) is 1.71. The van der Waals surface area contributed by atoms with Gasteiger partial charge in [0.25, 0.3) is 0 Å². The maximum atomic E-state index is 11.7. The van der Waals surface area contributed by atoms with E-state index in [0.717, 1.165) is 25.7 Å². The summed E-state index contributed by atoms with van der Waals surface area (Å²) < 4.78 is 14.5. The molecule has 0 aliphatic rings. The van der Waals surface area contributed by atoms with E-state index in [9.17, 15) is 9.59 Å². The second kappa shape index (κ2) is 10.4. The molecule has 0 atom stereocenters. The molecule has 0 aromatic carbocycles. The monoisotopic (exact) mass is 272 g/mol. The van der Waals surface area contributed by atoms with Crippen LogP contribution in [0.4, 0.5) is 0 Å². The van der Waals surface area contributed by atoms with Gasteiger partial charge in [0.2, 0.25) is 0 Å². The number of rotatable bonds is 9. The summed E-state index contributed by atoms with van der Waals surface area (Å²) in [5.41, 5.74) is 0.423. The lowest BCUT2D eigenvalue weighted by Crippen LogP contribution is -2.12. The van der Waals surface area contributed by atoms with Gasteiger partial charge in [0, 0.05) is 0 Å². The Morgan fingerprint density at radius 2 is 1.58 bits per heavy atom. The molecule has 0 radical (unpaired) electrons. The maximum Gasteiger partial charge on any atom is 0.337 e. The molecule has 5 nitrogen and oxygen atoms in total. The molecule has 0 bridgehead atoms. The first-order valence-corrected chi connectivity index (χ1v) is 6.51. The average molecular weight is 272 g/mol. The van der Waals surface area contributed by atoms with E-state index in [-0.39, 0.29) is 6.42 Å². The summed E-state index contributed by atoms with van der Waals surface area (Å²) in [6.07, 6.45) is 4.64. The molecule has 0 rings (SSSR count). The van der Waals surface area contributed by atoms with E-state index in [4.69, 9.17) is 9.47 Å². The van der Waals surface area contributed by atoms with Crippen molar-refractivity contribution in [2.75, 3.05) is 21.3 Å². The van der Waals surface area contributed by atoms with Crippen molar-refractivity contribution in [2.24, 2.45) is 0 Å². The minimum atomic E-state index is -0.447. The van der Waals surface area contributed by atoms with E-state index in [1.54, 1.807) is 0 Å². The second-order valence-corrected chi connectivity index (χ2v) is 4.16. The predicted octanol–water partition coefficient (Wildman–Crippen LogP) is 2.59. The zero-order valence-electron chi connectivity index (χ0n) is 12.3. The minimum Gasteiger partial charge on any atom is -0.500 e. The molecule has 0 aromatic heterocycles. The second-order valence-electron chi connectivity index (χ2n) is 4.16. The first-order chi connectivity index (χ1) is 9.10. The van der Waals surface area contributed by atoms with Crippen LogP contribution in [0.2, 0.25) is 0 Å². The highest BCUT2D eigenvalue weighted by atomic mass is 16.5. The highest BCUT2D eigenvalue weighted by Gasteiger charge is 2.19. The summed E-state index contributed by atoms with van der Waals surface area (Å²) in [5, 5.41) is 0. The van der Waals surface area contributed by atoms with Crippen molar-refractivity contribution >= 4 is 11.9 Å². The summed E-state index contributed by atoms with van der Waals surface area (Å²) in [6.45, 7) is 2.12. The number of methoxy groups -OCH3 is 3. The van der Waals surface area contributed by atoms with Crippen molar-refractivity contribution in [2.45, 2.75) is 45.4 Å². The molecule has 5 heteroatoms. The zero-order chi connectivity index (χ0) is 14.7. The van der Waals surface area contributed by atoms with Crippen molar-refractivity contribution < 1.29 is 23.8 Å². The lowest BCUT2D eigenvalue weighted by atomic mass is 10.0. The van der Waals surface area contributed by atoms with Crippen LogP contribution >= 0.6 is 0 Å². The Kier molecular flexibility index (Phi) is 9.57. The molecule has 0 heterocycles. The SMILES string of the molecule is CCCCCC/C(C(=O)OC)=C(\CC(=O)OC)OC. The van der Waals surface area contributed by atoms with E-state index >= 15 is 0 Å². The van der Waals surface area contributed by atoms with Crippen molar-refractivity contribution in [3.63, 3.8) is 0 Å². The molecule has 0 N–H and O–H groups in total. The first-order valence-electron chi connectivity index (χ1n) is 6.51. The average Bonchev–Trinajstić information content (AvgIpc) is 2.44. The van der Waals surface area contributed by atoms with E-state index < -0.39 is 11.9 Å². The number of hydrogen-bond acceptors (Lipinski definition) is 5. The van der Waals surface area contributed by atoms with Gasteiger partial charge >= 0.3 is 11.9 Å². The maximum absolute atomic E-state index is 11.7. The molecule has 0 aliphatic heterocycles. The molecule has 0 saturated heterocycles. The summed E-state index contributed by atoms with van der Waals surface area (Å²) >= 11 is 0. The van der Waals surface area contributed by atoms with Crippen LogP contribution in [0.25, 0.3) is 0 Å². The molecule has 0 unspecified atom stereocenters. The van der Waals surface area contributed by atoms with Gasteiger partial charge in [-0.1, -0.05) is 26.2 Å². The van der Waals surface area contributed by atoms with Crippen LogP contribution in [0, 0.1) is 0 Å². The third-order valence-corrected chi connectivity index (χ3v) is 2.83. The topological polar surface area (TPSA) is 61.8 Å². The quantitative estimate of drug-likeness (QED) is 0.279. The van der Waals surface area contributed by atoms with Crippen LogP contribution in [-0.4, -0.2) is 33.3 Å². The zero-order valence-corrected chi connectivity index (χ0v) is 12.3. The Hall–Kier alpha value is -1.52. The normalized spacial score (nSPS) is 11.6. The number of carbonyl (C=O) groups excluding carboxylic acids is 2. The molecular weight excluding hydrogens is 248 g/mol. The molecule has 0 spiro atoms. The van der Waals surface area contributed by atoms with E-state index in [1.807, 2.05) is 0 Å². The van der Waals surface area contributed by atoms with Crippen LogP contribution in [0.3, 0.4) is 0 Å². The van der Waals surface area contributed by atoms with E-state index in [0.29, 0.717) is 17.8 Å². The summed E-state index contributed by atoms with van der Waals surface area (Å²) in [6, 6.07) is 0. The van der Waals surface area contributed by atoms with Crippen molar-refractivity contribution in [1.82, 2.24) is 0 Å².